The highest BCUT2D eigenvalue weighted by atomic mass is 16.7. The van der Waals surface area contributed by atoms with E-state index in [0.717, 1.165) is 18.7 Å². The summed E-state index contributed by atoms with van der Waals surface area (Å²) < 4.78 is 0.546. The summed E-state index contributed by atoms with van der Waals surface area (Å²) >= 11 is 0. The van der Waals surface area contributed by atoms with E-state index in [1.165, 1.54) is 5.56 Å². The molecule has 0 heterocycles. The Morgan fingerprint density at radius 1 is 0.950 bits per heavy atom. The highest BCUT2D eigenvalue weighted by molar-refractivity contribution is 5.31. The van der Waals surface area contributed by atoms with Crippen molar-refractivity contribution < 1.29 is 9.48 Å². The molecule has 1 aromatic rings. The summed E-state index contributed by atoms with van der Waals surface area (Å²) in [7, 11) is 4.13. The molecule has 0 saturated carbocycles. The summed E-state index contributed by atoms with van der Waals surface area (Å²) in [6.07, 6.45) is 1.16. The Kier molecular flexibility index (Phi) is 4.91. The molecule has 0 radical (unpaired) electrons. The molecule has 2 nitrogen and oxygen atoms in total. The van der Waals surface area contributed by atoms with Gasteiger partial charge in [0.2, 0.25) is 0 Å². The molecule has 2 heteroatoms. The lowest BCUT2D eigenvalue weighted by atomic mass is 9.72. The van der Waals surface area contributed by atoms with Gasteiger partial charge in [0.05, 0.1) is 0 Å². The fraction of sp³-hybridized carbons (Fsp3) is 0.667. The van der Waals surface area contributed by atoms with Crippen molar-refractivity contribution >= 4 is 0 Å². The minimum absolute atomic E-state index is 0.186. The Hall–Kier alpha value is -1.02. The molecule has 1 rings (SSSR count). The van der Waals surface area contributed by atoms with Crippen molar-refractivity contribution in [3.8, 4) is 5.75 Å². The maximum Gasteiger partial charge on any atom is 0.190 e. The van der Waals surface area contributed by atoms with Crippen molar-refractivity contribution in [2.45, 2.75) is 53.4 Å². The van der Waals surface area contributed by atoms with Crippen LogP contribution in [0, 0.1) is 5.41 Å². The third kappa shape index (κ3) is 5.16. The minimum atomic E-state index is 0.186. The molecule has 0 N–H and O–H groups in total. The van der Waals surface area contributed by atoms with E-state index in [-0.39, 0.29) is 5.41 Å². The van der Waals surface area contributed by atoms with Crippen LogP contribution in [0.2, 0.25) is 0 Å². The molecule has 0 amide bonds. The first kappa shape index (κ1) is 17.0. The standard InChI is InChI=1S/C18H32NO/c1-9-19(7,8)20-16-12-10-15(11-13-16)18(5,6)14-17(2,3)4/h10-13H,9,14H2,1-8H3/q+1. The summed E-state index contributed by atoms with van der Waals surface area (Å²) in [6.45, 7) is 14.6. The molecule has 0 unspecified atom stereocenters. The number of rotatable bonds is 5. The molecule has 0 aliphatic heterocycles. The molecule has 0 aliphatic carbocycles. The van der Waals surface area contributed by atoms with Crippen molar-refractivity contribution in [2.75, 3.05) is 20.6 Å². The van der Waals surface area contributed by atoms with Gasteiger partial charge < -0.3 is 4.84 Å². The number of hydroxylamine groups is 3. The van der Waals surface area contributed by atoms with Crippen molar-refractivity contribution in [3.63, 3.8) is 0 Å². The molecule has 0 aromatic heterocycles. The van der Waals surface area contributed by atoms with Crippen LogP contribution in [-0.4, -0.2) is 25.3 Å². The fourth-order valence-electron chi connectivity index (χ4n) is 2.74. The molecule has 20 heavy (non-hydrogen) atoms. The average molecular weight is 278 g/mol. The second-order valence-corrected chi connectivity index (χ2v) is 8.13. The van der Waals surface area contributed by atoms with Crippen LogP contribution >= 0.6 is 0 Å². The number of hydrogen-bond acceptors (Lipinski definition) is 1. The Labute approximate surface area is 125 Å². The second kappa shape index (κ2) is 5.77. The molecule has 0 atom stereocenters. The Morgan fingerprint density at radius 2 is 1.45 bits per heavy atom. The average Bonchev–Trinajstić information content (AvgIpc) is 2.26. The minimum Gasteiger partial charge on any atom is -0.316 e. The molecule has 0 saturated heterocycles. The Morgan fingerprint density at radius 3 is 1.85 bits per heavy atom. The summed E-state index contributed by atoms with van der Waals surface area (Å²) in [5.41, 5.74) is 1.90. The van der Waals surface area contributed by atoms with Crippen molar-refractivity contribution in [3.05, 3.63) is 29.8 Å². The van der Waals surface area contributed by atoms with Gasteiger partial charge in [0.1, 0.15) is 20.6 Å². The molecule has 0 bridgehead atoms. The largest absolute Gasteiger partial charge is 0.316 e. The fourth-order valence-corrected chi connectivity index (χ4v) is 2.74. The third-order valence-corrected chi connectivity index (χ3v) is 3.72. The SMILES string of the molecule is CC[N+](C)(C)Oc1ccc(C(C)(C)CC(C)(C)C)cc1. The summed E-state index contributed by atoms with van der Waals surface area (Å²) in [6, 6.07) is 8.60. The van der Waals surface area contributed by atoms with Gasteiger partial charge in [-0.25, -0.2) is 0 Å². The molecule has 0 fully saturated rings. The zero-order valence-electron chi connectivity index (χ0n) is 14.6. The highest BCUT2D eigenvalue weighted by Gasteiger charge is 2.27. The summed E-state index contributed by atoms with van der Waals surface area (Å²) in [4.78, 5) is 5.96. The van der Waals surface area contributed by atoms with Crippen LogP contribution in [0.1, 0.15) is 53.5 Å². The van der Waals surface area contributed by atoms with E-state index < -0.39 is 0 Å². The van der Waals surface area contributed by atoms with E-state index in [1.807, 2.05) is 0 Å². The van der Waals surface area contributed by atoms with Crippen molar-refractivity contribution in [2.24, 2.45) is 5.41 Å². The van der Waals surface area contributed by atoms with Gasteiger partial charge in [-0.05, 0) is 41.9 Å². The van der Waals surface area contributed by atoms with E-state index in [9.17, 15) is 0 Å². The monoisotopic (exact) mass is 278 g/mol. The van der Waals surface area contributed by atoms with Gasteiger partial charge in [-0.15, -0.1) is 4.65 Å². The lowest BCUT2D eigenvalue weighted by Crippen LogP contribution is -2.42. The van der Waals surface area contributed by atoms with E-state index >= 15 is 0 Å². The second-order valence-electron chi connectivity index (χ2n) is 8.13. The van der Waals surface area contributed by atoms with Crippen LogP contribution in [0.3, 0.4) is 0 Å². The number of benzene rings is 1. The first-order chi connectivity index (χ1) is 8.95. The zero-order valence-corrected chi connectivity index (χ0v) is 14.6. The number of quaternary nitrogens is 1. The first-order valence-corrected chi connectivity index (χ1v) is 7.58. The van der Waals surface area contributed by atoms with Crippen molar-refractivity contribution in [1.29, 1.82) is 0 Å². The number of nitrogens with zero attached hydrogens (tertiary/aromatic N) is 1. The first-order valence-electron chi connectivity index (χ1n) is 7.58. The Balaban J connectivity index is 2.86. The summed E-state index contributed by atoms with van der Waals surface area (Å²) in [5, 5.41) is 0. The molecule has 1 aromatic carbocycles. The van der Waals surface area contributed by atoms with Crippen LogP contribution in [0.25, 0.3) is 0 Å². The van der Waals surface area contributed by atoms with Crippen LogP contribution < -0.4 is 4.84 Å². The van der Waals surface area contributed by atoms with Gasteiger partial charge >= 0.3 is 0 Å². The molecular weight excluding hydrogens is 246 g/mol. The van der Waals surface area contributed by atoms with E-state index in [1.54, 1.807) is 0 Å². The molecule has 0 spiro atoms. The molecule has 0 aliphatic rings. The van der Waals surface area contributed by atoms with Crippen molar-refractivity contribution in [1.82, 2.24) is 0 Å². The van der Waals surface area contributed by atoms with E-state index in [2.05, 4.69) is 79.9 Å². The van der Waals surface area contributed by atoms with Gasteiger partial charge in [-0.3, -0.25) is 0 Å². The van der Waals surface area contributed by atoms with E-state index in [0.29, 0.717) is 10.1 Å². The smallest absolute Gasteiger partial charge is 0.190 e. The summed E-state index contributed by atoms with van der Waals surface area (Å²) in [5.74, 6) is 0.937. The normalized spacial score (nSPS) is 13.4. The predicted octanol–water partition coefficient (Wildman–Crippen LogP) is 4.79. The van der Waals surface area contributed by atoms with Gasteiger partial charge in [-0.2, -0.15) is 0 Å². The molecule has 114 valence electrons. The quantitative estimate of drug-likeness (QED) is 0.556. The van der Waals surface area contributed by atoms with Gasteiger partial charge in [0.15, 0.2) is 5.75 Å². The maximum absolute atomic E-state index is 5.96. The van der Waals surface area contributed by atoms with E-state index in [4.69, 9.17) is 4.84 Å². The number of hydrogen-bond donors (Lipinski definition) is 0. The topological polar surface area (TPSA) is 9.23 Å². The van der Waals surface area contributed by atoms with Crippen LogP contribution in [0.5, 0.6) is 5.75 Å². The van der Waals surface area contributed by atoms with Gasteiger partial charge in [0.25, 0.3) is 0 Å². The predicted molar refractivity (Wildman–Crippen MR) is 86.8 cm³/mol. The van der Waals surface area contributed by atoms with Gasteiger partial charge in [0, 0.05) is 0 Å². The lowest BCUT2D eigenvalue weighted by Gasteiger charge is -2.33. The van der Waals surface area contributed by atoms with Crippen LogP contribution in [0.15, 0.2) is 24.3 Å². The highest BCUT2D eigenvalue weighted by Crippen LogP contribution is 2.36. The lowest BCUT2D eigenvalue weighted by molar-refractivity contribution is -1.05. The van der Waals surface area contributed by atoms with Gasteiger partial charge in [-0.1, -0.05) is 46.8 Å². The van der Waals surface area contributed by atoms with Crippen LogP contribution in [0.4, 0.5) is 0 Å². The zero-order chi connectivity index (χ0) is 15.6. The third-order valence-electron chi connectivity index (χ3n) is 3.72. The van der Waals surface area contributed by atoms with Crippen LogP contribution in [-0.2, 0) is 5.41 Å². The Bertz CT molecular complexity index is 424. The molecular formula is C18H32NO+. The maximum atomic E-state index is 5.96.